The van der Waals surface area contributed by atoms with Crippen LogP contribution in [0.2, 0.25) is 0 Å². The zero-order chi connectivity index (χ0) is 29.4. The highest BCUT2D eigenvalue weighted by Gasteiger charge is 2.51. The molecule has 3 unspecified atom stereocenters. The Hall–Kier alpha value is -1.19. The molecule has 14 nitrogen and oxygen atoms in total. The second-order valence-electron chi connectivity index (χ2n) is 9.91. The second kappa shape index (κ2) is 20.6. The minimum absolute atomic E-state index is 0. The van der Waals surface area contributed by atoms with Crippen LogP contribution >= 0.6 is 7.82 Å². The Balaban J connectivity index is 0.0000152. The largest absolute Gasteiger partial charge is 0.472 e. The number of hydrogen-bond acceptors (Lipinski definition) is 13. The van der Waals surface area contributed by atoms with E-state index >= 15 is 0 Å². The van der Waals surface area contributed by atoms with Gasteiger partial charge in [-0.15, -0.1) is 0 Å². The Kier molecular flexibility index (Phi) is 20.0. The number of aliphatic hydroxyl groups excluding tert-OH is 5. The highest BCUT2D eigenvalue weighted by atomic mass is 31.2. The Morgan fingerprint density at radius 1 is 0.700 bits per heavy atom. The second-order valence-corrected chi connectivity index (χ2v) is 11.3. The summed E-state index contributed by atoms with van der Waals surface area (Å²) in [6.07, 6.45) is -3.78. The van der Waals surface area contributed by atoms with Gasteiger partial charge in [-0.25, -0.2) is 4.57 Å². The maximum atomic E-state index is 12.5. The first-order chi connectivity index (χ1) is 18.4. The number of carbonyl (C=O) groups is 2. The van der Waals surface area contributed by atoms with E-state index in [0.717, 1.165) is 51.4 Å². The molecule has 1 aliphatic carbocycles. The molecule has 0 aromatic rings. The molecule has 1 rings (SSSR count). The molecule has 1 saturated carbocycles. The summed E-state index contributed by atoms with van der Waals surface area (Å²) in [4.78, 5) is 34.5. The fraction of sp³-hybridized carbons (Fsp3) is 0.920. The molecule has 8 atom stereocenters. The van der Waals surface area contributed by atoms with E-state index in [4.69, 9.17) is 18.5 Å². The van der Waals surface area contributed by atoms with Gasteiger partial charge in [0.25, 0.3) is 0 Å². The number of carbonyl (C=O) groups excluding carboxylic acids is 2. The first kappa shape index (κ1) is 38.8. The SMILES string of the molecule is CCCCCCCC(=O)OC[C@H](COP(=O)(O)OC1[C@H](O)[C@H](O)C(O)[C@H](O)[C@H]1O)OC(=O)CCCCCCC.N. The van der Waals surface area contributed by atoms with Crippen LogP contribution in [0.5, 0.6) is 0 Å². The van der Waals surface area contributed by atoms with Crippen molar-refractivity contribution < 1.29 is 63.1 Å². The summed E-state index contributed by atoms with van der Waals surface area (Å²) in [5.74, 6) is -1.13. The molecule has 0 heterocycles. The molecule has 0 aliphatic heterocycles. The predicted molar refractivity (Wildman–Crippen MR) is 143 cm³/mol. The van der Waals surface area contributed by atoms with Crippen molar-refractivity contribution in [3.8, 4) is 0 Å². The van der Waals surface area contributed by atoms with E-state index in [0.29, 0.717) is 12.8 Å². The van der Waals surface area contributed by atoms with Crippen LogP contribution in [0.4, 0.5) is 0 Å². The van der Waals surface area contributed by atoms with E-state index in [2.05, 4.69) is 13.8 Å². The average molecular weight is 604 g/mol. The minimum Gasteiger partial charge on any atom is -0.462 e. The molecule has 0 spiro atoms. The highest BCUT2D eigenvalue weighted by molar-refractivity contribution is 7.47. The van der Waals surface area contributed by atoms with Crippen LogP contribution in [0, 0.1) is 0 Å². The van der Waals surface area contributed by atoms with E-state index < -0.39 is 75.7 Å². The van der Waals surface area contributed by atoms with Crippen LogP contribution in [0.3, 0.4) is 0 Å². The monoisotopic (exact) mass is 603 g/mol. The van der Waals surface area contributed by atoms with Gasteiger partial charge in [-0.2, -0.15) is 0 Å². The number of phosphoric acid groups is 1. The molecule has 0 aromatic heterocycles. The van der Waals surface area contributed by atoms with Gasteiger partial charge < -0.3 is 46.1 Å². The van der Waals surface area contributed by atoms with E-state index in [9.17, 15) is 44.6 Å². The van der Waals surface area contributed by atoms with Crippen molar-refractivity contribution in [2.24, 2.45) is 0 Å². The molecule has 9 N–H and O–H groups in total. The molecule has 0 radical (unpaired) electrons. The zero-order valence-electron chi connectivity index (χ0n) is 23.6. The number of aliphatic hydroxyl groups is 5. The number of ether oxygens (including phenoxy) is 2. The smallest absolute Gasteiger partial charge is 0.462 e. The van der Waals surface area contributed by atoms with Crippen LogP contribution in [-0.2, 0) is 32.7 Å². The van der Waals surface area contributed by atoms with Crippen LogP contribution < -0.4 is 6.15 Å². The summed E-state index contributed by atoms with van der Waals surface area (Å²) >= 11 is 0. The van der Waals surface area contributed by atoms with Gasteiger partial charge in [-0.05, 0) is 12.8 Å². The minimum atomic E-state index is -5.07. The van der Waals surface area contributed by atoms with Crippen molar-refractivity contribution in [3.05, 3.63) is 0 Å². The average Bonchev–Trinajstić information content (AvgIpc) is 2.90. The predicted octanol–water partition coefficient (Wildman–Crippen LogP) is 1.64. The quantitative estimate of drug-likeness (QED) is 0.0594. The van der Waals surface area contributed by atoms with Gasteiger partial charge in [-0.1, -0.05) is 65.2 Å². The highest BCUT2D eigenvalue weighted by Crippen LogP contribution is 2.47. The summed E-state index contributed by atoms with van der Waals surface area (Å²) in [5, 5.41) is 49.3. The van der Waals surface area contributed by atoms with Crippen LogP contribution in [0.25, 0.3) is 0 Å². The lowest BCUT2D eigenvalue weighted by atomic mass is 9.85. The van der Waals surface area contributed by atoms with Crippen LogP contribution in [0.15, 0.2) is 0 Å². The number of unbranched alkanes of at least 4 members (excludes halogenated alkanes) is 8. The number of hydrogen-bond donors (Lipinski definition) is 7. The summed E-state index contributed by atoms with van der Waals surface area (Å²) in [6, 6.07) is 0. The Morgan fingerprint density at radius 3 is 1.65 bits per heavy atom. The summed E-state index contributed by atoms with van der Waals surface area (Å²) in [5.41, 5.74) is 0. The van der Waals surface area contributed by atoms with E-state index in [1.165, 1.54) is 0 Å². The first-order valence-corrected chi connectivity index (χ1v) is 15.3. The van der Waals surface area contributed by atoms with Gasteiger partial charge in [0.15, 0.2) is 6.10 Å². The summed E-state index contributed by atoms with van der Waals surface area (Å²) < 4.78 is 32.6. The molecule has 0 amide bonds. The molecule has 0 saturated heterocycles. The summed E-state index contributed by atoms with van der Waals surface area (Å²) in [7, 11) is -5.07. The van der Waals surface area contributed by atoms with Gasteiger partial charge in [0.2, 0.25) is 0 Å². The lowest BCUT2D eigenvalue weighted by Crippen LogP contribution is -2.64. The molecular formula is C25H50NO13P. The first-order valence-electron chi connectivity index (χ1n) is 13.8. The molecule has 0 aromatic carbocycles. The number of phosphoric ester groups is 1. The van der Waals surface area contributed by atoms with Crippen LogP contribution in [-0.4, -0.2) is 98.3 Å². The molecular weight excluding hydrogens is 553 g/mol. The fourth-order valence-electron chi connectivity index (χ4n) is 4.05. The molecule has 0 bridgehead atoms. The van der Waals surface area contributed by atoms with Gasteiger partial charge in [-0.3, -0.25) is 18.6 Å². The van der Waals surface area contributed by atoms with Gasteiger partial charge in [0, 0.05) is 12.8 Å². The third-order valence-electron chi connectivity index (χ3n) is 6.45. The van der Waals surface area contributed by atoms with Crippen molar-refractivity contribution in [1.82, 2.24) is 6.15 Å². The maximum absolute atomic E-state index is 12.5. The van der Waals surface area contributed by atoms with Gasteiger partial charge >= 0.3 is 19.8 Å². The van der Waals surface area contributed by atoms with Crippen molar-refractivity contribution >= 4 is 19.8 Å². The normalized spacial score (nSPS) is 26.8. The van der Waals surface area contributed by atoms with Gasteiger partial charge in [0.05, 0.1) is 6.61 Å². The zero-order valence-corrected chi connectivity index (χ0v) is 24.5. The number of rotatable bonds is 20. The Bertz CT molecular complexity index is 742. The van der Waals surface area contributed by atoms with E-state index in [1.807, 2.05) is 0 Å². The Labute approximate surface area is 236 Å². The molecule has 1 fully saturated rings. The van der Waals surface area contributed by atoms with E-state index in [1.54, 1.807) is 0 Å². The lowest BCUT2D eigenvalue weighted by Gasteiger charge is -2.41. The van der Waals surface area contributed by atoms with E-state index in [-0.39, 0.29) is 19.0 Å². The Morgan fingerprint density at radius 2 is 1.15 bits per heavy atom. The molecule has 1 aliphatic rings. The maximum Gasteiger partial charge on any atom is 0.472 e. The van der Waals surface area contributed by atoms with Crippen molar-refractivity contribution in [2.75, 3.05) is 13.2 Å². The third kappa shape index (κ3) is 14.6. The van der Waals surface area contributed by atoms with Gasteiger partial charge in [0.1, 0.15) is 43.2 Å². The van der Waals surface area contributed by atoms with Crippen LogP contribution in [0.1, 0.15) is 90.9 Å². The summed E-state index contributed by atoms with van der Waals surface area (Å²) in [6.45, 7) is 2.98. The van der Waals surface area contributed by atoms with Crippen molar-refractivity contribution in [3.63, 3.8) is 0 Å². The fourth-order valence-corrected chi connectivity index (χ4v) is 5.02. The van der Waals surface area contributed by atoms with Crippen molar-refractivity contribution in [1.29, 1.82) is 0 Å². The topological polar surface area (TPSA) is 245 Å². The molecule has 40 heavy (non-hydrogen) atoms. The van der Waals surface area contributed by atoms with Crippen molar-refractivity contribution in [2.45, 2.75) is 134 Å². The lowest BCUT2D eigenvalue weighted by molar-refractivity contribution is -0.220. The number of esters is 2. The molecule has 15 heteroatoms. The molecule has 238 valence electrons. The third-order valence-corrected chi connectivity index (χ3v) is 7.43. The standard InChI is InChI=1S/C25H47O13P.H3N/c1-3-5-7-9-11-13-18(26)35-15-17(37-19(27)14-12-10-8-6-4-2)16-36-39(33,34)38-25-23(31)21(29)20(28)22(30)24(25)32;/h17,20-25,28-32H,3-16H2,1-2H3,(H,33,34);1H3/t17-,20?,21-,22+,23-,24-,25?;/m1./s1.